The van der Waals surface area contributed by atoms with Crippen LogP contribution in [0.2, 0.25) is 0 Å². The van der Waals surface area contributed by atoms with Gasteiger partial charge in [-0.1, -0.05) is 53.7 Å². The second-order valence-corrected chi connectivity index (χ2v) is 23.5. The number of imidazole rings is 1. The van der Waals surface area contributed by atoms with Crippen molar-refractivity contribution in [1.82, 2.24) is 18.7 Å². The molecule has 1 aliphatic rings. The fraction of sp³-hybridized carbons (Fsp3) is 0.262. The first-order chi connectivity index (χ1) is 34.0. The predicted octanol–water partition coefficient (Wildman–Crippen LogP) is 16.9. The summed E-state index contributed by atoms with van der Waals surface area (Å²) in [5, 5.41) is 2.30. The molecule has 0 amide bonds. The first-order valence-corrected chi connectivity index (χ1v) is 26.3. The van der Waals surface area contributed by atoms with Crippen LogP contribution in [-0.2, 0) is 42.0 Å². The maximum absolute atomic E-state index is 6.92. The summed E-state index contributed by atoms with van der Waals surface area (Å²) in [5.74, 6) is 2.20. The normalized spacial score (nSPS) is 14.5. The number of benzene rings is 7. The average Bonchev–Trinajstić information content (AvgIpc) is 3.74. The van der Waals surface area contributed by atoms with Gasteiger partial charge in [-0.2, -0.15) is 0 Å². The van der Waals surface area contributed by atoms with Crippen LogP contribution < -0.4 is 4.74 Å². The standard InChI is InChI=1S/C65H62N4O.Pt/c1-63(2,3)46-29-33-57-55(36-46)51-32-31-50(41-60(51)69(57)61-39-47(34-35-66-61)64(4,5)6)70-49-30-28-45-24-16-17-25-56(52(45)40-49)67-42-68(59-27-19-18-26-58(59)67)62-53(43-20-12-10-13-21-43)37-48(65(7,8)9)38-54(62)44-22-14-11-15-23-44;/h10-15,18-23,26-39,56H,16-17,24-25H2,1-9H3;/q-2;. The number of fused-ring (bicyclic) bond motifs is 5. The van der Waals surface area contributed by atoms with Crippen molar-refractivity contribution in [2.75, 3.05) is 0 Å². The molecule has 71 heavy (non-hydrogen) atoms. The smallest absolute Gasteiger partial charge is 0.0608 e. The third kappa shape index (κ3) is 8.65. The molecule has 7 aromatic carbocycles. The van der Waals surface area contributed by atoms with E-state index in [1.165, 1.54) is 72.2 Å². The molecule has 0 fully saturated rings. The summed E-state index contributed by atoms with van der Waals surface area (Å²) in [7, 11) is 0. The van der Waals surface area contributed by atoms with Crippen molar-refractivity contribution in [2.45, 2.75) is 110 Å². The molecule has 360 valence electrons. The van der Waals surface area contributed by atoms with Gasteiger partial charge in [0, 0.05) is 6.20 Å². The van der Waals surface area contributed by atoms with Gasteiger partial charge in [-0.25, -0.2) is 4.98 Å². The van der Waals surface area contributed by atoms with Gasteiger partial charge in [0.2, 0.25) is 0 Å². The van der Waals surface area contributed by atoms with Crippen molar-refractivity contribution >= 4 is 32.8 Å². The molecule has 0 radical (unpaired) electrons. The Hall–Kier alpha value is -6.55. The first kappa shape index (κ1) is 46.8. The molecule has 10 aromatic rings. The zero-order valence-corrected chi connectivity index (χ0v) is 44.7. The zero-order chi connectivity index (χ0) is 49.4. The summed E-state index contributed by atoms with van der Waals surface area (Å²) in [4.78, 5) is 4.97. The first-order valence-electron chi connectivity index (χ1n) is 25.2. The number of nitrogens with zero attached hydrogens (tertiary/aromatic N) is 4. The zero-order valence-electron chi connectivity index (χ0n) is 42.4. The molecule has 11 rings (SSSR count). The Balaban J connectivity index is 1.07. The Kier molecular flexibility index (Phi) is 11.8. The third-order valence-corrected chi connectivity index (χ3v) is 15.6. The minimum atomic E-state index is -0.0649. The van der Waals surface area contributed by atoms with E-state index in [9.17, 15) is 0 Å². The van der Waals surface area contributed by atoms with Gasteiger partial charge in [-0.05, 0) is 40.2 Å². The van der Waals surface area contributed by atoms with Gasteiger partial charge < -0.3 is 0 Å². The Bertz CT molecular complexity index is 3640. The molecular weight excluding hydrogens is 1050 g/mol. The maximum atomic E-state index is 6.92. The molecule has 0 saturated heterocycles. The summed E-state index contributed by atoms with van der Waals surface area (Å²) in [5.41, 5.74) is 16.6. The van der Waals surface area contributed by atoms with Crippen LogP contribution in [0.4, 0.5) is 0 Å². The van der Waals surface area contributed by atoms with Crippen LogP contribution in [0.15, 0.2) is 158 Å². The summed E-state index contributed by atoms with van der Waals surface area (Å²) in [6.07, 6.45) is 6.14. The molecule has 0 N–H and O–H groups in total. The van der Waals surface area contributed by atoms with Crippen LogP contribution in [-0.4, -0.2) is 18.7 Å². The number of pyridine rings is 1. The Morgan fingerprint density at radius 1 is 0.549 bits per heavy atom. The second kappa shape index (κ2) is 17.9. The Morgan fingerprint density at radius 2 is 1.15 bits per heavy atom. The van der Waals surface area contributed by atoms with E-state index in [1.807, 2.05) is 6.20 Å². The molecule has 0 bridgehead atoms. The van der Waals surface area contributed by atoms with Gasteiger partial charge in [-0.15, -0.1) is 0 Å². The number of hydrogen-bond acceptors (Lipinski definition) is 2. The fourth-order valence-electron chi connectivity index (χ4n) is 10.6. The fourth-order valence-corrected chi connectivity index (χ4v) is 11.7. The quantitative estimate of drug-likeness (QED) is 0.118. The van der Waals surface area contributed by atoms with E-state index < -0.39 is 0 Å². The second-order valence-electron chi connectivity index (χ2n) is 22.5. The summed E-state index contributed by atoms with van der Waals surface area (Å²) in [6.45, 7) is 20.5. The van der Waals surface area contributed by atoms with Crippen molar-refractivity contribution in [3.8, 4) is 45.3 Å². The minimum Gasteiger partial charge on any atom is -0.0608 e. The molecule has 6 heteroatoms. The third-order valence-electron chi connectivity index (χ3n) is 14.5. The molecular formula is C65H62N4OPt-2. The van der Waals surface area contributed by atoms with Crippen LogP contribution in [0.3, 0.4) is 0 Å². The molecule has 3 heterocycles. The van der Waals surface area contributed by atoms with E-state index in [0.717, 1.165) is 51.7 Å². The van der Waals surface area contributed by atoms with Crippen LogP contribution in [0.25, 0.3) is 66.6 Å². The Labute approximate surface area is 430 Å². The number of rotatable bonds is 7. The van der Waals surface area contributed by atoms with Gasteiger partial charge in [-0.3, -0.25) is 0 Å². The van der Waals surface area contributed by atoms with Crippen LogP contribution in [0.1, 0.15) is 115 Å². The molecule has 1 aliphatic carbocycles. The topological polar surface area (TPSA) is 36.9 Å². The number of hydrogen-bond donors (Lipinski definition) is 0. The van der Waals surface area contributed by atoms with Crippen LogP contribution >= 0.6 is 0 Å². The van der Waals surface area contributed by atoms with Gasteiger partial charge in [0.25, 0.3) is 0 Å². The van der Waals surface area contributed by atoms with Crippen LogP contribution in [0.5, 0.6) is 11.5 Å². The molecule has 1 unspecified atom stereocenters. The van der Waals surface area contributed by atoms with Crippen molar-refractivity contribution in [1.29, 1.82) is 0 Å². The van der Waals surface area contributed by atoms with E-state index >= 15 is 0 Å². The van der Waals surface area contributed by atoms with E-state index in [4.69, 9.17) is 9.72 Å². The molecule has 5 nitrogen and oxygen atoms in total. The number of para-hydroxylation sites is 2. The molecule has 3 aromatic heterocycles. The summed E-state index contributed by atoms with van der Waals surface area (Å²) < 4.78 is 15.4. The van der Waals surface area contributed by atoms with Crippen molar-refractivity contribution < 1.29 is 24.1 Å². The van der Waals surface area contributed by atoms with Crippen molar-refractivity contribution in [3.05, 3.63) is 202 Å². The van der Waals surface area contributed by atoms with E-state index in [1.54, 1.807) is 0 Å². The van der Waals surface area contributed by atoms with Crippen LogP contribution in [0, 0.1) is 15.9 Å². The molecule has 0 saturated carbocycles. The van der Waals surface area contributed by atoms with E-state index in [2.05, 4.69) is 259 Å². The summed E-state index contributed by atoms with van der Waals surface area (Å²) >= 11 is 2.61. The minimum absolute atomic E-state index is 0.00198. The van der Waals surface area contributed by atoms with Gasteiger partial charge in [0.05, 0.1) is 0 Å². The van der Waals surface area contributed by atoms with Gasteiger partial charge in [0.1, 0.15) is 0 Å². The predicted molar refractivity (Wildman–Crippen MR) is 290 cm³/mol. The van der Waals surface area contributed by atoms with E-state index in [0.29, 0.717) is 11.5 Å². The number of ether oxygens (including phenoxy) is 1. The van der Waals surface area contributed by atoms with Gasteiger partial charge >= 0.3 is 328 Å². The van der Waals surface area contributed by atoms with E-state index in [-0.39, 0.29) is 22.3 Å². The molecule has 0 spiro atoms. The SMILES string of the molecule is CC(C)(C)c1ccnc(-n2c3[c-]c(Oc4[c-]c5c(cc4)CCCCC5n4[c](=[Pt])n(-c5c(-c6ccccc6)cc(C(C)(C)C)cc5-c5ccccc5)c5ccccc54)ccc3c3cc(C(C)(C)C)ccc32)c1. The summed E-state index contributed by atoms with van der Waals surface area (Å²) in [6, 6.07) is 63.2. The van der Waals surface area contributed by atoms with Crippen molar-refractivity contribution in [2.24, 2.45) is 0 Å². The number of aromatic nitrogens is 4. The monoisotopic (exact) mass is 1110 g/mol. The van der Waals surface area contributed by atoms with Crippen molar-refractivity contribution in [3.63, 3.8) is 0 Å². The average molecular weight is 1110 g/mol. The molecule has 1 atom stereocenters. The van der Waals surface area contributed by atoms with Gasteiger partial charge in [0.15, 0.2) is 0 Å². The Morgan fingerprint density at radius 3 is 1.82 bits per heavy atom. The molecule has 0 aliphatic heterocycles. The number of aryl methyl sites for hydroxylation is 1.